The molecule has 0 saturated heterocycles. The van der Waals surface area contributed by atoms with Crippen molar-refractivity contribution in [1.82, 2.24) is 0 Å². The Bertz CT molecular complexity index is 42.9. The molecule has 1 unspecified atom stereocenters. The largest absolute Gasteiger partial charge is 0.306 e. The summed E-state index contributed by atoms with van der Waals surface area (Å²) in [6.07, 6.45) is 0. The lowest BCUT2D eigenvalue weighted by Gasteiger charge is -1.72. The molecule has 0 aromatic heterocycles. The average Bonchev–Trinajstić information content (AvgIpc) is 1.38. The van der Waals surface area contributed by atoms with Crippen molar-refractivity contribution in [3.63, 3.8) is 0 Å². The highest BCUT2D eigenvalue weighted by molar-refractivity contribution is 7.81. The van der Waals surface area contributed by atoms with Crippen molar-refractivity contribution in [2.75, 3.05) is 0 Å². The standard InChI is InChI=1S/C2H5O2S/c1-2-5(3)4/h2H,1H3,(H,3,4). The monoisotopic (exact) mass is 93.0 g/mol. The molecule has 5 heavy (non-hydrogen) atoms. The molecule has 31 valence electrons. The maximum Gasteiger partial charge on any atom is 0.157 e. The van der Waals surface area contributed by atoms with Gasteiger partial charge in [-0.25, -0.2) is 4.21 Å². The Labute approximate surface area is 33.5 Å². The smallest absolute Gasteiger partial charge is 0.157 e. The van der Waals surface area contributed by atoms with E-state index in [9.17, 15) is 4.21 Å². The Morgan fingerprint density at radius 3 is 2.20 bits per heavy atom. The predicted molar refractivity (Wildman–Crippen MR) is 20.7 cm³/mol. The average molecular weight is 93.1 g/mol. The zero-order valence-corrected chi connectivity index (χ0v) is 3.66. The van der Waals surface area contributed by atoms with Crippen LogP contribution < -0.4 is 0 Å². The van der Waals surface area contributed by atoms with Gasteiger partial charge in [-0.2, -0.15) is 0 Å². The van der Waals surface area contributed by atoms with E-state index in [2.05, 4.69) is 0 Å². The van der Waals surface area contributed by atoms with Crippen molar-refractivity contribution in [2.24, 2.45) is 0 Å². The Kier molecular flexibility index (Phi) is 2.41. The maximum atomic E-state index is 9.42. The van der Waals surface area contributed by atoms with Crippen LogP contribution in [0.25, 0.3) is 0 Å². The van der Waals surface area contributed by atoms with Gasteiger partial charge in [0.25, 0.3) is 0 Å². The first kappa shape index (κ1) is 5.11. The van der Waals surface area contributed by atoms with Gasteiger partial charge in [0.15, 0.2) is 11.1 Å². The molecule has 0 heterocycles. The van der Waals surface area contributed by atoms with Gasteiger partial charge in [-0.05, 0) is 6.92 Å². The number of hydrogen-bond acceptors (Lipinski definition) is 1. The molecule has 1 N–H and O–H groups in total. The number of rotatable bonds is 1. The van der Waals surface area contributed by atoms with E-state index < -0.39 is 11.1 Å². The van der Waals surface area contributed by atoms with Gasteiger partial charge in [-0.1, -0.05) is 0 Å². The summed E-state index contributed by atoms with van der Waals surface area (Å²) >= 11 is -1.70. The lowest BCUT2D eigenvalue weighted by atomic mass is 11.0. The Balaban J connectivity index is 2.85. The number of hydrogen-bond donors (Lipinski definition) is 1. The van der Waals surface area contributed by atoms with Crippen molar-refractivity contribution >= 4 is 11.1 Å². The molecule has 0 amide bonds. The highest BCUT2D eigenvalue weighted by Crippen LogP contribution is 1.73. The Morgan fingerprint density at radius 1 is 2.00 bits per heavy atom. The highest BCUT2D eigenvalue weighted by Gasteiger charge is 1.77. The molecule has 1 atom stereocenters. The fraction of sp³-hybridized carbons (Fsp3) is 0.500. The van der Waals surface area contributed by atoms with E-state index in [1.807, 2.05) is 0 Å². The molecule has 1 radical (unpaired) electrons. The first-order chi connectivity index (χ1) is 2.27. The lowest BCUT2D eigenvalue weighted by molar-refractivity contribution is 0.570. The SMILES string of the molecule is C[CH]S(=O)O. The summed E-state index contributed by atoms with van der Waals surface area (Å²) in [7, 11) is 0. The van der Waals surface area contributed by atoms with Crippen molar-refractivity contribution in [3.8, 4) is 0 Å². The van der Waals surface area contributed by atoms with Crippen LogP contribution in [-0.4, -0.2) is 8.76 Å². The molecule has 3 heteroatoms. The van der Waals surface area contributed by atoms with Gasteiger partial charge in [0.1, 0.15) is 0 Å². The third-order valence-electron chi connectivity index (χ3n) is 0.202. The van der Waals surface area contributed by atoms with Crippen LogP contribution >= 0.6 is 0 Å². The van der Waals surface area contributed by atoms with Crippen LogP contribution in [0.5, 0.6) is 0 Å². The van der Waals surface area contributed by atoms with Crippen LogP contribution in [0.2, 0.25) is 0 Å². The molecule has 2 nitrogen and oxygen atoms in total. The minimum atomic E-state index is -1.70. The first-order valence-electron chi connectivity index (χ1n) is 1.16. The zero-order chi connectivity index (χ0) is 4.28. The van der Waals surface area contributed by atoms with Gasteiger partial charge in [0, 0.05) is 0 Å². The van der Waals surface area contributed by atoms with E-state index in [1.165, 1.54) is 12.7 Å². The quantitative estimate of drug-likeness (QED) is 0.476. The zero-order valence-electron chi connectivity index (χ0n) is 2.84. The van der Waals surface area contributed by atoms with Crippen molar-refractivity contribution < 1.29 is 8.76 Å². The minimum absolute atomic E-state index is 1.19. The molecule has 0 aliphatic carbocycles. The van der Waals surface area contributed by atoms with Gasteiger partial charge in [0.2, 0.25) is 0 Å². The maximum absolute atomic E-state index is 9.42. The summed E-state index contributed by atoms with van der Waals surface area (Å²) in [5, 5.41) is 0. The van der Waals surface area contributed by atoms with Gasteiger partial charge in [-0.15, -0.1) is 0 Å². The van der Waals surface area contributed by atoms with E-state index in [-0.39, 0.29) is 0 Å². The van der Waals surface area contributed by atoms with Crippen LogP contribution in [0, 0.1) is 5.75 Å². The molecule has 0 saturated carbocycles. The molecular formula is C2H5O2S. The summed E-state index contributed by atoms with van der Waals surface area (Å²) in [4.78, 5) is 0. The first-order valence-corrected chi connectivity index (χ1v) is 2.33. The summed E-state index contributed by atoms with van der Waals surface area (Å²) in [5.74, 6) is 1.19. The summed E-state index contributed by atoms with van der Waals surface area (Å²) in [6, 6.07) is 0. The fourth-order valence-electron chi connectivity index (χ4n) is 0. The van der Waals surface area contributed by atoms with Gasteiger partial charge in [0.05, 0.1) is 5.75 Å². The summed E-state index contributed by atoms with van der Waals surface area (Å²) in [6.45, 7) is 1.52. The molecule has 0 spiro atoms. The third-order valence-corrected chi connectivity index (χ3v) is 0.605. The van der Waals surface area contributed by atoms with Crippen molar-refractivity contribution in [3.05, 3.63) is 5.75 Å². The second kappa shape index (κ2) is 2.35. The Morgan fingerprint density at radius 2 is 2.20 bits per heavy atom. The molecule has 0 aromatic rings. The molecule has 0 bridgehead atoms. The Hall–Kier alpha value is 0.110. The summed E-state index contributed by atoms with van der Waals surface area (Å²) in [5.41, 5.74) is 0. The van der Waals surface area contributed by atoms with Crippen molar-refractivity contribution in [1.29, 1.82) is 0 Å². The van der Waals surface area contributed by atoms with E-state index >= 15 is 0 Å². The second-order valence-corrected chi connectivity index (χ2v) is 1.54. The minimum Gasteiger partial charge on any atom is -0.306 e. The highest BCUT2D eigenvalue weighted by atomic mass is 32.2. The molecular weight excluding hydrogens is 88.1 g/mol. The van der Waals surface area contributed by atoms with E-state index in [1.54, 1.807) is 0 Å². The predicted octanol–water partition coefficient (Wildman–Crippen LogP) is 0.390. The van der Waals surface area contributed by atoms with Crippen LogP contribution in [-0.2, 0) is 11.1 Å². The van der Waals surface area contributed by atoms with Gasteiger partial charge < -0.3 is 4.55 Å². The van der Waals surface area contributed by atoms with E-state index in [0.29, 0.717) is 0 Å². The molecule has 0 aromatic carbocycles. The van der Waals surface area contributed by atoms with Crippen LogP contribution in [0.3, 0.4) is 0 Å². The lowest BCUT2D eigenvalue weighted by Crippen LogP contribution is -1.77. The molecule has 0 rings (SSSR count). The topological polar surface area (TPSA) is 37.3 Å². The molecule has 0 fully saturated rings. The van der Waals surface area contributed by atoms with Gasteiger partial charge in [-0.3, -0.25) is 0 Å². The molecule has 0 aliphatic heterocycles. The third kappa shape index (κ3) is 4.11. The van der Waals surface area contributed by atoms with Gasteiger partial charge >= 0.3 is 0 Å². The van der Waals surface area contributed by atoms with Crippen molar-refractivity contribution in [2.45, 2.75) is 6.92 Å². The van der Waals surface area contributed by atoms with Crippen LogP contribution in [0.4, 0.5) is 0 Å². The summed E-state index contributed by atoms with van der Waals surface area (Å²) < 4.78 is 17.2. The van der Waals surface area contributed by atoms with Crippen LogP contribution in [0.15, 0.2) is 0 Å². The normalized spacial score (nSPS) is 14.8. The second-order valence-electron chi connectivity index (χ2n) is 0.512. The molecule has 0 aliphatic rings. The van der Waals surface area contributed by atoms with Crippen LogP contribution in [0.1, 0.15) is 6.92 Å². The fourth-order valence-corrected chi connectivity index (χ4v) is 0. The van der Waals surface area contributed by atoms with E-state index in [4.69, 9.17) is 4.55 Å². The van der Waals surface area contributed by atoms with E-state index in [0.717, 1.165) is 0 Å².